The zero-order chi connectivity index (χ0) is 28.7. The molecule has 0 spiro atoms. The van der Waals surface area contributed by atoms with Gasteiger partial charge in [0.15, 0.2) is 5.36 Å². The summed E-state index contributed by atoms with van der Waals surface area (Å²) in [6.45, 7) is 0. The minimum atomic E-state index is -4.76. The van der Waals surface area contributed by atoms with E-state index < -0.39 is 46.2 Å². The molecule has 0 atom stereocenters. The Bertz CT molecular complexity index is 2290. The van der Waals surface area contributed by atoms with Gasteiger partial charge in [0, 0.05) is 21.5 Å². The molecule has 0 saturated heterocycles. The molecule has 5 aromatic rings. The van der Waals surface area contributed by atoms with Gasteiger partial charge in [-0.25, -0.2) is 16.8 Å². The second-order valence-corrected chi connectivity index (χ2v) is 11.1. The first-order chi connectivity index (χ1) is 18.9. The number of nitrogens with one attached hydrogen (secondary N) is 2. The Kier molecular flexibility index (Phi) is 10.7. The van der Waals surface area contributed by atoms with Gasteiger partial charge in [-0.3, -0.25) is 20.4 Å². The average molecular weight is 623 g/mol. The van der Waals surface area contributed by atoms with Crippen LogP contribution in [0.3, 0.4) is 0 Å². The van der Waals surface area contributed by atoms with E-state index in [1.165, 1.54) is 30.3 Å². The summed E-state index contributed by atoms with van der Waals surface area (Å²) in [4.78, 5) is 24.6. The number of anilines is 2. The Morgan fingerprint density at radius 3 is 1.43 bits per heavy atom. The predicted octanol–water partition coefficient (Wildman–Crippen LogP) is -4.74. The molecule has 0 aromatic heterocycles. The van der Waals surface area contributed by atoms with Gasteiger partial charge in [0.05, 0.1) is 21.2 Å². The van der Waals surface area contributed by atoms with Gasteiger partial charge in [-0.15, -0.1) is 0 Å². The molecule has 0 aliphatic heterocycles. The molecule has 42 heavy (non-hydrogen) atoms. The first-order valence-corrected chi connectivity index (χ1v) is 14.2. The van der Waals surface area contributed by atoms with Crippen LogP contribution in [0, 0.1) is 0 Å². The van der Waals surface area contributed by atoms with Crippen LogP contribution in [0.15, 0.2) is 115 Å². The van der Waals surface area contributed by atoms with Gasteiger partial charge >= 0.3 is 59.1 Å². The number of fused-ring (bicyclic) bond motifs is 2. The molecule has 0 radical (unpaired) electrons. The number of nitrogens with zero attached hydrogens (tertiary/aromatic N) is 2. The van der Waals surface area contributed by atoms with Crippen LogP contribution < -0.4 is 91.5 Å². The van der Waals surface area contributed by atoms with E-state index in [0.717, 1.165) is 18.2 Å². The van der Waals surface area contributed by atoms with E-state index in [-0.39, 0.29) is 80.9 Å². The molecular weight excluding hydrogens is 606 g/mol. The largest absolute Gasteiger partial charge is 1.00 e. The van der Waals surface area contributed by atoms with Gasteiger partial charge in [-0.2, -0.15) is 10.2 Å². The second kappa shape index (κ2) is 13.3. The fraction of sp³-hybridized carbons (Fsp3) is 0. The molecule has 0 unspecified atom stereocenters. The van der Waals surface area contributed by atoms with Gasteiger partial charge < -0.3 is 9.11 Å². The van der Waals surface area contributed by atoms with E-state index in [0.29, 0.717) is 16.5 Å². The van der Waals surface area contributed by atoms with Crippen molar-refractivity contribution < 1.29 is 85.1 Å². The Balaban J connectivity index is 0.00000242. The van der Waals surface area contributed by atoms with E-state index in [1.54, 1.807) is 36.4 Å². The average Bonchev–Trinajstić information content (AvgIpc) is 2.91. The predicted molar refractivity (Wildman–Crippen MR) is 144 cm³/mol. The Morgan fingerprint density at radius 1 is 0.548 bits per heavy atom. The maximum absolute atomic E-state index is 13.0. The van der Waals surface area contributed by atoms with Crippen LogP contribution >= 0.6 is 0 Å². The summed E-state index contributed by atoms with van der Waals surface area (Å²) < 4.78 is 69.7. The van der Waals surface area contributed by atoms with Crippen LogP contribution in [0.1, 0.15) is 0 Å². The van der Waals surface area contributed by atoms with Gasteiger partial charge in [0.25, 0.3) is 0 Å². The monoisotopic (exact) mass is 622 g/mol. The molecule has 0 fully saturated rings. The first kappa shape index (κ1) is 33.7. The minimum Gasteiger partial charge on any atom is -0.744 e. The van der Waals surface area contributed by atoms with E-state index in [9.17, 15) is 35.5 Å². The first-order valence-electron chi connectivity index (χ1n) is 11.3. The molecule has 0 amide bonds. The topological polar surface area (TPSA) is 197 Å². The molecule has 202 valence electrons. The van der Waals surface area contributed by atoms with Gasteiger partial charge in [0.2, 0.25) is 10.9 Å². The number of benzene rings is 5. The molecule has 16 heteroatoms. The van der Waals surface area contributed by atoms with Gasteiger partial charge in [-0.1, -0.05) is 48.5 Å². The normalized spacial score (nSPS) is 12.5. The third-order valence-corrected chi connectivity index (χ3v) is 7.75. The van der Waals surface area contributed by atoms with Crippen molar-refractivity contribution in [3.8, 4) is 0 Å². The Labute approximate surface area is 282 Å². The van der Waals surface area contributed by atoms with Crippen LogP contribution in [-0.2, 0) is 20.2 Å². The molecule has 0 aliphatic carbocycles. The van der Waals surface area contributed by atoms with Crippen molar-refractivity contribution in [3.63, 3.8) is 0 Å². The third kappa shape index (κ3) is 6.89. The van der Waals surface area contributed by atoms with Crippen LogP contribution in [0.5, 0.6) is 0 Å². The van der Waals surface area contributed by atoms with Crippen LogP contribution in [0.25, 0.3) is 21.5 Å². The summed E-state index contributed by atoms with van der Waals surface area (Å²) >= 11 is 0. The van der Waals surface area contributed by atoms with Gasteiger partial charge in [-0.05, 0) is 36.4 Å². The molecule has 2 N–H and O–H groups in total. The zero-order valence-electron chi connectivity index (χ0n) is 22.1. The van der Waals surface area contributed by atoms with Gasteiger partial charge in [0.1, 0.15) is 25.6 Å². The molecule has 0 bridgehead atoms. The van der Waals surface area contributed by atoms with Crippen molar-refractivity contribution >= 4 is 53.2 Å². The molecule has 0 saturated carbocycles. The Hall–Kier alpha value is -2.76. The summed E-state index contributed by atoms with van der Waals surface area (Å²) in [6, 6.07) is 19.5. The summed E-state index contributed by atoms with van der Waals surface area (Å²) in [7, 11) is -9.50. The standard InChI is InChI=1S/C26H18N4O8S2.2Na/c31-22-12-9-21(29-27-19-10-13-23(39(33,34)35)17-7-3-1-5-15(17)19)26(32)25(22)30-28-20-11-14-24(40(36,37)38)18-8-4-2-6-16(18)20;;/h1-14,27-28H,(H,33,34,35)(H,36,37,38);;/q;2*+1/p-2/b29-21-,30-25-;;. The molecule has 0 heterocycles. The van der Waals surface area contributed by atoms with E-state index in [4.69, 9.17) is 0 Å². The SMILES string of the molecule is O=c1cc/c(=N/Nc2ccc(S(=O)(=O)[O-])c3ccccc23)c(=O)/c1=N\Nc1ccc(S(=O)(=O)[O-])c2ccccc12.[Na+].[Na+]. The maximum Gasteiger partial charge on any atom is 1.00 e. The van der Waals surface area contributed by atoms with E-state index >= 15 is 0 Å². The molecule has 0 aliphatic rings. The van der Waals surface area contributed by atoms with Crippen molar-refractivity contribution in [1.29, 1.82) is 0 Å². The number of hydrogen-bond donors (Lipinski definition) is 2. The van der Waals surface area contributed by atoms with Crippen LogP contribution in [0.2, 0.25) is 0 Å². The molecule has 5 rings (SSSR count). The van der Waals surface area contributed by atoms with E-state index in [1.807, 2.05) is 0 Å². The zero-order valence-corrected chi connectivity index (χ0v) is 27.7. The van der Waals surface area contributed by atoms with Crippen molar-refractivity contribution in [2.45, 2.75) is 9.79 Å². The molecular formula is C26H16N4Na2O8S2. The van der Waals surface area contributed by atoms with Crippen molar-refractivity contribution in [1.82, 2.24) is 0 Å². The molecule has 5 aromatic carbocycles. The smallest absolute Gasteiger partial charge is 0.744 e. The van der Waals surface area contributed by atoms with Crippen molar-refractivity contribution in [2.75, 3.05) is 10.9 Å². The van der Waals surface area contributed by atoms with Crippen molar-refractivity contribution in [2.24, 2.45) is 10.2 Å². The molecule has 12 nitrogen and oxygen atoms in total. The van der Waals surface area contributed by atoms with E-state index in [2.05, 4.69) is 21.1 Å². The van der Waals surface area contributed by atoms with Crippen molar-refractivity contribution in [3.05, 3.63) is 116 Å². The third-order valence-electron chi connectivity index (χ3n) is 5.97. The summed E-state index contributed by atoms with van der Waals surface area (Å²) in [6.07, 6.45) is 0. The summed E-state index contributed by atoms with van der Waals surface area (Å²) in [5.41, 5.74) is 4.24. The van der Waals surface area contributed by atoms with Crippen LogP contribution in [0.4, 0.5) is 11.4 Å². The summed E-state index contributed by atoms with van der Waals surface area (Å²) in [5, 5.41) is 8.26. The van der Waals surface area contributed by atoms with Crippen LogP contribution in [-0.4, -0.2) is 25.9 Å². The number of hydrogen-bond acceptors (Lipinski definition) is 12. The fourth-order valence-electron chi connectivity index (χ4n) is 4.15. The second-order valence-electron chi connectivity index (χ2n) is 8.43. The number of rotatable bonds is 6. The quantitative estimate of drug-likeness (QED) is 0.105. The Morgan fingerprint density at radius 2 is 0.976 bits per heavy atom. The summed E-state index contributed by atoms with van der Waals surface area (Å²) in [5.74, 6) is 0. The fourth-order valence-corrected chi connectivity index (χ4v) is 5.51. The maximum atomic E-state index is 13.0. The minimum absolute atomic E-state index is 0.